The zero-order chi connectivity index (χ0) is 13.3. The maximum atomic E-state index is 12.5. The van der Waals surface area contributed by atoms with Crippen LogP contribution in [0.2, 0.25) is 0 Å². The van der Waals surface area contributed by atoms with Crippen molar-refractivity contribution in [3.05, 3.63) is 29.8 Å². The van der Waals surface area contributed by atoms with E-state index in [9.17, 15) is 4.21 Å². The van der Waals surface area contributed by atoms with Gasteiger partial charge in [-0.25, -0.2) is 4.99 Å². The normalized spacial score (nSPS) is 21.3. The number of aliphatic imine (C=N–C) groups is 1. The van der Waals surface area contributed by atoms with Crippen molar-refractivity contribution in [1.29, 1.82) is 0 Å². The average Bonchev–Trinajstić information content (AvgIpc) is 2.73. The van der Waals surface area contributed by atoms with Crippen LogP contribution in [-0.2, 0) is 15.5 Å². The lowest BCUT2D eigenvalue weighted by atomic mass is 10.2. The lowest BCUT2D eigenvalue weighted by molar-refractivity contribution is 0.323. The van der Waals surface area contributed by atoms with E-state index in [0.717, 1.165) is 10.5 Å². The maximum Gasteiger partial charge on any atom is 0.217 e. The fourth-order valence-electron chi connectivity index (χ4n) is 1.76. The molecule has 98 valence electrons. The third-order valence-electron chi connectivity index (χ3n) is 2.67. The molecule has 1 heterocycles. The summed E-state index contributed by atoms with van der Waals surface area (Å²) < 4.78 is 17.8. The van der Waals surface area contributed by atoms with E-state index in [4.69, 9.17) is 4.74 Å². The van der Waals surface area contributed by atoms with Crippen LogP contribution in [0.25, 0.3) is 0 Å². The molecule has 0 spiro atoms. The van der Waals surface area contributed by atoms with Gasteiger partial charge in [0.05, 0.1) is 27.3 Å². The van der Waals surface area contributed by atoms with Gasteiger partial charge in [-0.3, -0.25) is 4.21 Å². The standard InChI is InChI=1S/C14H19NO2S/c1-10-9-17-13(15-10)11-7-5-6-8-12(11)18(16)14(2,3)4/h5-8,10H,9H2,1-4H3/t10-,18+/m1/s1. The Balaban J connectivity index is 2.44. The van der Waals surface area contributed by atoms with Gasteiger partial charge in [0, 0.05) is 4.75 Å². The van der Waals surface area contributed by atoms with E-state index in [1.165, 1.54) is 0 Å². The molecule has 0 unspecified atom stereocenters. The minimum absolute atomic E-state index is 0.177. The Kier molecular flexibility index (Phi) is 3.57. The number of rotatable bonds is 2. The molecule has 0 bridgehead atoms. The Bertz CT molecular complexity index is 503. The summed E-state index contributed by atoms with van der Waals surface area (Å²) in [5.74, 6) is 0.621. The van der Waals surface area contributed by atoms with Gasteiger partial charge in [-0.15, -0.1) is 0 Å². The fourth-order valence-corrected chi connectivity index (χ4v) is 2.97. The van der Waals surface area contributed by atoms with Crippen LogP contribution in [-0.4, -0.2) is 27.5 Å². The van der Waals surface area contributed by atoms with Crippen molar-refractivity contribution in [1.82, 2.24) is 0 Å². The second-order valence-electron chi connectivity index (χ2n) is 5.47. The van der Waals surface area contributed by atoms with E-state index in [-0.39, 0.29) is 10.8 Å². The summed E-state index contributed by atoms with van der Waals surface area (Å²) in [6, 6.07) is 7.83. The lowest BCUT2D eigenvalue weighted by Gasteiger charge is -2.19. The van der Waals surface area contributed by atoms with Gasteiger partial charge < -0.3 is 4.74 Å². The van der Waals surface area contributed by atoms with Gasteiger partial charge in [-0.1, -0.05) is 12.1 Å². The highest BCUT2D eigenvalue weighted by Gasteiger charge is 2.26. The van der Waals surface area contributed by atoms with Crippen LogP contribution in [0.4, 0.5) is 0 Å². The third kappa shape index (κ3) is 2.64. The molecule has 0 aromatic heterocycles. The first kappa shape index (κ1) is 13.3. The Morgan fingerprint density at radius 1 is 1.33 bits per heavy atom. The van der Waals surface area contributed by atoms with Crippen molar-refractivity contribution in [3.8, 4) is 0 Å². The van der Waals surface area contributed by atoms with Gasteiger partial charge in [-0.2, -0.15) is 0 Å². The molecule has 1 aliphatic heterocycles. The minimum atomic E-state index is -1.08. The number of hydrogen-bond acceptors (Lipinski definition) is 3. The molecule has 0 amide bonds. The van der Waals surface area contributed by atoms with Gasteiger partial charge in [0.25, 0.3) is 0 Å². The smallest absolute Gasteiger partial charge is 0.217 e. The van der Waals surface area contributed by atoms with E-state index >= 15 is 0 Å². The predicted octanol–water partition coefficient (Wildman–Crippen LogP) is 2.76. The fraction of sp³-hybridized carbons (Fsp3) is 0.500. The second kappa shape index (κ2) is 4.84. The molecule has 1 aromatic carbocycles. The van der Waals surface area contributed by atoms with Gasteiger partial charge in [0.2, 0.25) is 5.90 Å². The first-order chi connectivity index (χ1) is 8.39. The highest BCUT2D eigenvalue weighted by Crippen LogP contribution is 2.25. The molecule has 0 radical (unpaired) electrons. The third-order valence-corrected chi connectivity index (χ3v) is 4.54. The van der Waals surface area contributed by atoms with Crippen molar-refractivity contribution in [2.75, 3.05) is 6.61 Å². The molecule has 18 heavy (non-hydrogen) atoms. The number of ether oxygens (including phenoxy) is 1. The summed E-state index contributed by atoms with van der Waals surface area (Å²) in [4.78, 5) is 5.25. The lowest BCUT2D eigenvalue weighted by Crippen LogP contribution is -2.23. The van der Waals surface area contributed by atoms with Crippen molar-refractivity contribution in [3.63, 3.8) is 0 Å². The molecule has 2 atom stereocenters. The number of nitrogens with zero attached hydrogens (tertiary/aromatic N) is 1. The molecule has 0 saturated heterocycles. The monoisotopic (exact) mass is 265 g/mol. The molecule has 0 aliphatic carbocycles. The predicted molar refractivity (Wildman–Crippen MR) is 74.6 cm³/mol. The SMILES string of the molecule is C[C@@H]1COC(c2ccccc2[S@](=O)C(C)(C)C)=N1. The summed E-state index contributed by atoms with van der Waals surface area (Å²) >= 11 is 0. The van der Waals surface area contributed by atoms with Gasteiger partial charge in [0.15, 0.2) is 0 Å². The van der Waals surface area contributed by atoms with Crippen molar-refractivity contribution < 1.29 is 8.95 Å². The van der Waals surface area contributed by atoms with Gasteiger partial charge in [0.1, 0.15) is 6.61 Å². The van der Waals surface area contributed by atoms with Crippen LogP contribution in [0.3, 0.4) is 0 Å². The quantitative estimate of drug-likeness (QED) is 0.824. The van der Waals surface area contributed by atoms with Crippen molar-refractivity contribution in [2.24, 2.45) is 4.99 Å². The summed E-state index contributed by atoms with van der Waals surface area (Å²) in [5.41, 5.74) is 0.857. The zero-order valence-corrected chi connectivity index (χ0v) is 12.1. The molecule has 1 aromatic rings. The van der Waals surface area contributed by atoms with E-state index in [2.05, 4.69) is 4.99 Å². The average molecular weight is 265 g/mol. The summed E-state index contributed by atoms with van der Waals surface area (Å²) in [6.07, 6.45) is 0. The summed E-state index contributed by atoms with van der Waals surface area (Å²) in [6.45, 7) is 8.53. The van der Waals surface area contributed by atoms with E-state index < -0.39 is 10.8 Å². The van der Waals surface area contributed by atoms with Crippen LogP contribution in [0.15, 0.2) is 34.2 Å². The van der Waals surface area contributed by atoms with E-state index in [0.29, 0.717) is 12.5 Å². The van der Waals surface area contributed by atoms with Gasteiger partial charge >= 0.3 is 0 Å². The van der Waals surface area contributed by atoms with Crippen LogP contribution in [0, 0.1) is 0 Å². The highest BCUT2D eigenvalue weighted by molar-refractivity contribution is 7.86. The number of hydrogen-bond donors (Lipinski definition) is 0. The molecule has 4 heteroatoms. The maximum absolute atomic E-state index is 12.5. The molecule has 2 rings (SSSR count). The topological polar surface area (TPSA) is 38.7 Å². The minimum Gasteiger partial charge on any atom is -0.475 e. The van der Waals surface area contributed by atoms with Crippen LogP contribution < -0.4 is 0 Å². The second-order valence-corrected chi connectivity index (χ2v) is 7.67. The molecule has 0 fully saturated rings. The molecular weight excluding hydrogens is 246 g/mol. The Morgan fingerprint density at radius 2 is 2.00 bits per heavy atom. The van der Waals surface area contributed by atoms with E-state index in [1.54, 1.807) is 0 Å². The van der Waals surface area contributed by atoms with Crippen molar-refractivity contribution in [2.45, 2.75) is 43.4 Å². The first-order valence-corrected chi connectivity index (χ1v) is 7.26. The van der Waals surface area contributed by atoms with Crippen LogP contribution in [0.1, 0.15) is 33.3 Å². The molecular formula is C14H19NO2S. The largest absolute Gasteiger partial charge is 0.475 e. The molecule has 0 N–H and O–H groups in total. The van der Waals surface area contributed by atoms with Crippen molar-refractivity contribution >= 4 is 16.7 Å². The van der Waals surface area contributed by atoms with E-state index in [1.807, 2.05) is 52.0 Å². The molecule has 3 nitrogen and oxygen atoms in total. The highest BCUT2D eigenvalue weighted by atomic mass is 32.2. The number of benzene rings is 1. The Labute approximate surface area is 111 Å². The molecule has 0 saturated carbocycles. The first-order valence-electron chi connectivity index (χ1n) is 6.11. The summed E-state index contributed by atoms with van der Waals surface area (Å²) in [5, 5.41) is 0. The van der Waals surface area contributed by atoms with Gasteiger partial charge in [-0.05, 0) is 39.8 Å². The van der Waals surface area contributed by atoms with Crippen LogP contribution in [0.5, 0.6) is 0 Å². The molecule has 1 aliphatic rings. The Morgan fingerprint density at radius 3 is 2.56 bits per heavy atom. The zero-order valence-electron chi connectivity index (χ0n) is 11.3. The van der Waals surface area contributed by atoms with Crippen LogP contribution >= 0.6 is 0 Å². The summed E-state index contributed by atoms with van der Waals surface area (Å²) in [7, 11) is -1.08. The Hall–Kier alpha value is -1.16.